The van der Waals surface area contributed by atoms with Crippen molar-refractivity contribution in [1.82, 2.24) is 19.6 Å². The van der Waals surface area contributed by atoms with E-state index in [1.807, 2.05) is 36.4 Å². The van der Waals surface area contributed by atoms with E-state index in [1.54, 1.807) is 58.0 Å². The fraction of sp³-hybridized carbons (Fsp3) is 0.226. The quantitative estimate of drug-likeness (QED) is 0.186. The molecule has 3 aromatic carbocycles. The molecule has 0 amide bonds. The Kier molecular flexibility index (Phi) is 7.58. The van der Waals surface area contributed by atoms with E-state index in [0.29, 0.717) is 28.3 Å². The maximum absolute atomic E-state index is 14.1. The Balaban J connectivity index is 1.84. The third kappa shape index (κ3) is 5.00. The number of methoxy groups -OCH3 is 1. The lowest BCUT2D eigenvalue weighted by atomic mass is 9.84. The average Bonchev–Trinajstić information content (AvgIpc) is 3.44. The lowest BCUT2D eigenvalue weighted by molar-refractivity contribution is -0.386. The van der Waals surface area contributed by atoms with Crippen LogP contribution >= 0.6 is 0 Å². The van der Waals surface area contributed by atoms with Crippen molar-refractivity contribution in [3.05, 3.63) is 132 Å². The van der Waals surface area contributed by atoms with Gasteiger partial charge >= 0.3 is 5.69 Å². The molecule has 0 bridgehead atoms. The molecule has 216 valence electrons. The molecule has 2 N–H and O–H groups in total. The minimum Gasteiger partial charge on any atom is -0.493 e. The van der Waals surface area contributed by atoms with E-state index in [9.17, 15) is 19.7 Å². The summed E-state index contributed by atoms with van der Waals surface area (Å²) < 4.78 is 14.1. The van der Waals surface area contributed by atoms with Gasteiger partial charge in [-0.2, -0.15) is 0 Å². The van der Waals surface area contributed by atoms with Crippen LogP contribution in [0.3, 0.4) is 0 Å². The Bertz CT molecular complexity index is 1770. The number of ether oxygens (including phenoxy) is 2. The van der Waals surface area contributed by atoms with Gasteiger partial charge in [0.2, 0.25) is 5.75 Å². The highest BCUT2D eigenvalue weighted by molar-refractivity contribution is 5.61. The van der Waals surface area contributed by atoms with Crippen LogP contribution in [0, 0.1) is 24.0 Å². The van der Waals surface area contributed by atoms with Crippen LogP contribution in [-0.4, -0.2) is 37.7 Å². The summed E-state index contributed by atoms with van der Waals surface area (Å²) in [7, 11) is 1.39. The molecule has 5 aromatic rings. The molecule has 0 saturated carbocycles. The van der Waals surface area contributed by atoms with Crippen LogP contribution in [-0.2, 0) is 0 Å². The molecule has 0 fully saturated rings. The number of para-hydroxylation sites is 2. The Morgan fingerprint density at radius 2 is 1.29 bits per heavy atom. The molecule has 11 nitrogen and oxygen atoms in total. The van der Waals surface area contributed by atoms with E-state index < -0.39 is 10.8 Å². The topological polar surface area (TPSA) is 137 Å². The number of nitro benzene ring substituents is 1. The second-order valence-corrected chi connectivity index (χ2v) is 10.2. The molecule has 0 aliphatic carbocycles. The summed E-state index contributed by atoms with van der Waals surface area (Å²) in [5.74, 6) is -0.904. The summed E-state index contributed by atoms with van der Waals surface area (Å²) in [6.45, 7) is 6.99. The number of nitro groups is 1. The van der Waals surface area contributed by atoms with Crippen LogP contribution in [0.2, 0.25) is 0 Å². The molecule has 11 heteroatoms. The Morgan fingerprint density at radius 3 is 1.69 bits per heavy atom. The fourth-order valence-electron chi connectivity index (χ4n) is 5.21. The van der Waals surface area contributed by atoms with Gasteiger partial charge in [-0.15, -0.1) is 0 Å². The number of aryl methyl sites for hydroxylation is 2. The molecule has 2 aromatic heterocycles. The second-order valence-electron chi connectivity index (χ2n) is 10.2. The van der Waals surface area contributed by atoms with E-state index in [2.05, 4.69) is 10.2 Å². The number of nitrogens with one attached hydrogen (secondary N) is 2. The van der Waals surface area contributed by atoms with Gasteiger partial charge in [-0.3, -0.25) is 29.9 Å². The molecular weight excluding hydrogens is 538 g/mol. The van der Waals surface area contributed by atoms with Crippen molar-refractivity contribution >= 4 is 5.69 Å². The SMILES string of the molecule is COc1cc(C(c2c(C)[nH]n(-c3ccccc3)c2=O)c2c(C)[nH]n(-c3ccccc3)c2=O)cc([N+](=O)[O-])c1OC(C)C. The molecule has 0 radical (unpaired) electrons. The highest BCUT2D eigenvalue weighted by atomic mass is 16.6. The number of nitrogens with zero attached hydrogens (tertiary/aromatic N) is 3. The summed E-state index contributed by atoms with van der Waals surface area (Å²) in [6.07, 6.45) is -0.366. The number of rotatable bonds is 9. The van der Waals surface area contributed by atoms with Gasteiger partial charge in [0.05, 0.1) is 40.6 Å². The van der Waals surface area contributed by atoms with Crippen LogP contribution in [0.15, 0.2) is 82.4 Å². The number of hydrogen-bond donors (Lipinski definition) is 2. The summed E-state index contributed by atoms with van der Waals surface area (Å²) in [5, 5.41) is 18.5. The van der Waals surface area contributed by atoms with Crippen molar-refractivity contribution in [1.29, 1.82) is 0 Å². The zero-order valence-electron chi connectivity index (χ0n) is 23.9. The molecule has 42 heavy (non-hydrogen) atoms. The van der Waals surface area contributed by atoms with Crippen molar-refractivity contribution in [3.8, 4) is 22.9 Å². The second kappa shape index (κ2) is 11.3. The molecule has 0 saturated heterocycles. The third-order valence-corrected chi connectivity index (χ3v) is 7.00. The minimum atomic E-state index is -0.992. The first-order valence-corrected chi connectivity index (χ1v) is 13.4. The van der Waals surface area contributed by atoms with E-state index >= 15 is 0 Å². The Labute approximate surface area is 241 Å². The molecule has 0 unspecified atom stereocenters. The number of benzene rings is 3. The van der Waals surface area contributed by atoms with Crippen molar-refractivity contribution < 1.29 is 14.4 Å². The van der Waals surface area contributed by atoms with Crippen molar-refractivity contribution in [3.63, 3.8) is 0 Å². The van der Waals surface area contributed by atoms with Gasteiger partial charge in [0.25, 0.3) is 11.1 Å². The summed E-state index contributed by atoms with van der Waals surface area (Å²) >= 11 is 0. The van der Waals surface area contributed by atoms with Crippen molar-refractivity contribution in [2.24, 2.45) is 0 Å². The van der Waals surface area contributed by atoms with Crippen LogP contribution in [0.5, 0.6) is 11.5 Å². The van der Waals surface area contributed by atoms with Gasteiger partial charge in [-0.05, 0) is 63.6 Å². The summed E-state index contributed by atoms with van der Waals surface area (Å²) in [6, 6.07) is 21.0. The van der Waals surface area contributed by atoms with Gasteiger partial charge in [-0.25, -0.2) is 9.36 Å². The highest BCUT2D eigenvalue weighted by Gasteiger charge is 2.34. The van der Waals surface area contributed by atoms with E-state index in [4.69, 9.17) is 9.47 Å². The summed E-state index contributed by atoms with van der Waals surface area (Å²) in [5.41, 5.74) is 1.97. The highest BCUT2D eigenvalue weighted by Crippen LogP contribution is 2.43. The number of aromatic amines is 2. The molecule has 2 heterocycles. The molecule has 0 spiro atoms. The average molecular weight is 570 g/mol. The van der Waals surface area contributed by atoms with Gasteiger partial charge in [0.1, 0.15) is 0 Å². The number of hydrogen-bond acceptors (Lipinski definition) is 6. The van der Waals surface area contributed by atoms with Crippen LogP contribution in [0.1, 0.15) is 47.8 Å². The maximum atomic E-state index is 14.1. The number of aromatic nitrogens is 4. The predicted molar refractivity (Wildman–Crippen MR) is 159 cm³/mol. The van der Waals surface area contributed by atoms with Gasteiger partial charge in [-0.1, -0.05) is 36.4 Å². The zero-order chi connectivity index (χ0) is 30.1. The Hall–Kier alpha value is -5.32. The molecule has 0 atom stereocenters. The Morgan fingerprint density at radius 1 is 0.810 bits per heavy atom. The predicted octanol–water partition coefficient (Wildman–Crippen LogP) is 5.15. The van der Waals surface area contributed by atoms with Crippen LogP contribution in [0.25, 0.3) is 11.4 Å². The number of H-pyrrole nitrogens is 2. The molecular formula is C31H31N5O6. The van der Waals surface area contributed by atoms with Gasteiger partial charge < -0.3 is 9.47 Å². The van der Waals surface area contributed by atoms with Crippen LogP contribution < -0.4 is 20.6 Å². The van der Waals surface area contributed by atoms with Gasteiger partial charge in [0.15, 0.2) is 5.75 Å². The molecule has 5 rings (SSSR count). The zero-order valence-corrected chi connectivity index (χ0v) is 23.9. The standard InChI is InChI=1S/C31H31N5O6/c1-18(2)42-29-24(36(39)40)16-21(17-25(29)41-5)28(26-19(3)32-34(30(26)37)22-12-8-6-9-13-22)27-20(4)33-35(31(27)38)23-14-10-7-11-15-23/h6-18,28,32-33H,1-5H3. The lowest BCUT2D eigenvalue weighted by Crippen LogP contribution is -2.25. The van der Waals surface area contributed by atoms with Crippen molar-refractivity contribution in [2.45, 2.75) is 39.7 Å². The van der Waals surface area contributed by atoms with Crippen LogP contribution in [0.4, 0.5) is 5.69 Å². The summed E-state index contributed by atoms with van der Waals surface area (Å²) in [4.78, 5) is 39.9. The maximum Gasteiger partial charge on any atom is 0.315 e. The van der Waals surface area contributed by atoms with E-state index in [-0.39, 0.29) is 45.5 Å². The monoisotopic (exact) mass is 569 g/mol. The van der Waals surface area contributed by atoms with Gasteiger partial charge in [0, 0.05) is 23.4 Å². The minimum absolute atomic E-state index is 0.0278. The first kappa shape index (κ1) is 28.2. The first-order valence-electron chi connectivity index (χ1n) is 13.4. The normalized spacial score (nSPS) is 11.3. The van der Waals surface area contributed by atoms with E-state index in [0.717, 1.165) is 0 Å². The van der Waals surface area contributed by atoms with Crippen molar-refractivity contribution in [2.75, 3.05) is 7.11 Å². The molecule has 0 aliphatic rings. The van der Waals surface area contributed by atoms with E-state index in [1.165, 1.54) is 22.5 Å². The smallest absolute Gasteiger partial charge is 0.315 e. The third-order valence-electron chi connectivity index (χ3n) is 7.00. The fourth-order valence-corrected chi connectivity index (χ4v) is 5.21. The molecule has 0 aliphatic heterocycles. The largest absolute Gasteiger partial charge is 0.493 e. The lowest BCUT2D eigenvalue weighted by Gasteiger charge is -2.19. The first-order chi connectivity index (χ1) is 20.1.